The van der Waals surface area contributed by atoms with Crippen molar-refractivity contribution < 1.29 is 9.47 Å². The Balaban J connectivity index is 2.99. The molecule has 0 spiro atoms. The normalized spacial score (nSPS) is 12.2. The van der Waals surface area contributed by atoms with Gasteiger partial charge in [0.2, 0.25) is 0 Å². The first-order chi connectivity index (χ1) is 10.2. The van der Waals surface area contributed by atoms with Crippen molar-refractivity contribution >= 4 is 0 Å². The number of methoxy groups -OCH3 is 2. The molecule has 3 nitrogen and oxygen atoms in total. The van der Waals surface area contributed by atoms with E-state index in [0.717, 1.165) is 24.5 Å². The topological polar surface area (TPSA) is 30.5 Å². The van der Waals surface area contributed by atoms with Gasteiger partial charge in [-0.25, -0.2) is 0 Å². The van der Waals surface area contributed by atoms with E-state index < -0.39 is 0 Å². The van der Waals surface area contributed by atoms with Crippen LogP contribution in [-0.4, -0.2) is 20.8 Å². The molecule has 3 heteroatoms. The van der Waals surface area contributed by atoms with Crippen LogP contribution in [-0.2, 0) is 6.42 Å². The molecule has 1 atom stereocenters. The Morgan fingerprint density at radius 2 is 1.67 bits per heavy atom. The van der Waals surface area contributed by atoms with Crippen LogP contribution in [0.3, 0.4) is 0 Å². The summed E-state index contributed by atoms with van der Waals surface area (Å²) in [6.07, 6.45) is 6.21. The highest BCUT2D eigenvalue weighted by molar-refractivity contribution is 5.48. The van der Waals surface area contributed by atoms with E-state index in [4.69, 9.17) is 9.47 Å². The highest BCUT2D eigenvalue weighted by Gasteiger charge is 2.15. The summed E-state index contributed by atoms with van der Waals surface area (Å²) in [6, 6.07) is 4.60. The van der Waals surface area contributed by atoms with Crippen LogP contribution >= 0.6 is 0 Å². The molecule has 0 unspecified atom stereocenters. The summed E-state index contributed by atoms with van der Waals surface area (Å²) in [4.78, 5) is 0. The first kappa shape index (κ1) is 17.8. The second kappa shape index (κ2) is 9.67. The largest absolute Gasteiger partial charge is 0.493 e. The minimum absolute atomic E-state index is 0.330. The average Bonchev–Trinajstić information content (AvgIpc) is 2.51. The highest BCUT2D eigenvalue weighted by Crippen LogP contribution is 2.34. The zero-order valence-corrected chi connectivity index (χ0v) is 14.3. The third-order valence-corrected chi connectivity index (χ3v) is 3.92. The predicted octanol–water partition coefficient (Wildman–Crippen LogP) is 4.50. The molecule has 0 saturated heterocycles. The van der Waals surface area contributed by atoms with Gasteiger partial charge in [-0.1, -0.05) is 33.1 Å². The van der Waals surface area contributed by atoms with E-state index in [1.54, 1.807) is 14.2 Å². The van der Waals surface area contributed by atoms with Gasteiger partial charge in [0, 0.05) is 6.04 Å². The molecule has 0 aliphatic rings. The monoisotopic (exact) mass is 293 g/mol. The van der Waals surface area contributed by atoms with Crippen molar-refractivity contribution in [2.75, 3.05) is 20.8 Å². The molecule has 0 saturated carbocycles. The molecule has 0 bridgehead atoms. The van der Waals surface area contributed by atoms with Gasteiger partial charge in [-0.05, 0) is 49.6 Å². The van der Waals surface area contributed by atoms with Crippen LogP contribution < -0.4 is 14.8 Å². The maximum Gasteiger partial charge on any atom is 0.161 e. The lowest BCUT2D eigenvalue weighted by atomic mass is 9.95. The third kappa shape index (κ3) is 5.24. The molecular weight excluding hydrogens is 262 g/mol. The maximum absolute atomic E-state index is 5.45. The van der Waals surface area contributed by atoms with Crippen LogP contribution in [0.2, 0.25) is 0 Å². The Kier molecular flexibility index (Phi) is 8.21. The second-order valence-electron chi connectivity index (χ2n) is 5.50. The molecular formula is C18H31NO2. The fraction of sp³-hybridized carbons (Fsp3) is 0.667. The molecule has 1 aromatic rings. The molecule has 1 N–H and O–H groups in total. The van der Waals surface area contributed by atoms with Crippen molar-refractivity contribution in [3.63, 3.8) is 0 Å². The minimum Gasteiger partial charge on any atom is -0.493 e. The van der Waals surface area contributed by atoms with Crippen LogP contribution in [0, 0.1) is 0 Å². The number of hydrogen-bond donors (Lipinski definition) is 1. The van der Waals surface area contributed by atoms with Crippen LogP contribution in [0.5, 0.6) is 11.5 Å². The summed E-state index contributed by atoms with van der Waals surface area (Å²) < 4.78 is 10.9. The number of benzene rings is 1. The molecule has 0 heterocycles. The van der Waals surface area contributed by atoms with Gasteiger partial charge in [-0.3, -0.25) is 0 Å². The van der Waals surface area contributed by atoms with Gasteiger partial charge in [0.1, 0.15) is 0 Å². The number of unbranched alkanes of at least 4 members (excludes halogenated alkanes) is 3. The Labute approximate surface area is 130 Å². The number of hydrogen-bond acceptors (Lipinski definition) is 3. The fourth-order valence-corrected chi connectivity index (χ4v) is 2.71. The fourth-order valence-electron chi connectivity index (χ4n) is 2.71. The molecule has 120 valence electrons. The molecule has 0 radical (unpaired) electrons. The molecule has 21 heavy (non-hydrogen) atoms. The van der Waals surface area contributed by atoms with Crippen molar-refractivity contribution in [3.05, 3.63) is 23.3 Å². The minimum atomic E-state index is 0.330. The van der Waals surface area contributed by atoms with Gasteiger partial charge in [0.05, 0.1) is 14.2 Å². The van der Waals surface area contributed by atoms with Gasteiger partial charge in [-0.15, -0.1) is 0 Å². The summed E-state index contributed by atoms with van der Waals surface area (Å²) in [6.45, 7) is 7.55. The van der Waals surface area contributed by atoms with E-state index in [1.165, 1.54) is 36.8 Å². The van der Waals surface area contributed by atoms with Gasteiger partial charge in [-0.2, -0.15) is 0 Å². The summed E-state index contributed by atoms with van der Waals surface area (Å²) >= 11 is 0. The van der Waals surface area contributed by atoms with Crippen molar-refractivity contribution in [2.45, 2.75) is 58.9 Å². The molecule has 0 aliphatic heterocycles. The first-order valence-corrected chi connectivity index (χ1v) is 8.16. The lowest BCUT2D eigenvalue weighted by molar-refractivity contribution is 0.353. The highest BCUT2D eigenvalue weighted by atomic mass is 16.5. The summed E-state index contributed by atoms with van der Waals surface area (Å²) in [7, 11) is 3.40. The van der Waals surface area contributed by atoms with E-state index in [0.29, 0.717) is 6.04 Å². The summed E-state index contributed by atoms with van der Waals surface area (Å²) in [5, 5.41) is 3.50. The average molecular weight is 293 g/mol. The zero-order chi connectivity index (χ0) is 15.7. The van der Waals surface area contributed by atoms with Crippen molar-refractivity contribution in [3.8, 4) is 11.5 Å². The third-order valence-electron chi connectivity index (χ3n) is 3.92. The van der Waals surface area contributed by atoms with E-state index in [9.17, 15) is 0 Å². The standard InChI is InChI=1S/C18H31NO2/c1-6-8-9-10-11-15-12-17(20-4)18(21-5)13-16(15)14(3)19-7-2/h12-14,19H,6-11H2,1-5H3/t14-/m0/s1. The predicted molar refractivity (Wildman–Crippen MR) is 89.5 cm³/mol. The summed E-state index contributed by atoms with van der Waals surface area (Å²) in [5.41, 5.74) is 2.70. The Morgan fingerprint density at radius 1 is 1.00 bits per heavy atom. The van der Waals surface area contributed by atoms with Crippen molar-refractivity contribution in [2.24, 2.45) is 0 Å². The van der Waals surface area contributed by atoms with Crippen molar-refractivity contribution in [1.29, 1.82) is 0 Å². The molecule has 1 aromatic carbocycles. The molecule has 0 fully saturated rings. The van der Waals surface area contributed by atoms with Gasteiger partial charge in [0.15, 0.2) is 11.5 Å². The van der Waals surface area contributed by atoms with Crippen LogP contribution in [0.25, 0.3) is 0 Å². The zero-order valence-electron chi connectivity index (χ0n) is 14.3. The molecule has 0 aliphatic carbocycles. The smallest absolute Gasteiger partial charge is 0.161 e. The molecule has 1 rings (SSSR count). The maximum atomic E-state index is 5.45. The number of ether oxygens (including phenoxy) is 2. The Hall–Kier alpha value is -1.22. The van der Waals surface area contributed by atoms with Gasteiger partial charge >= 0.3 is 0 Å². The van der Waals surface area contributed by atoms with Crippen molar-refractivity contribution in [1.82, 2.24) is 5.32 Å². The van der Waals surface area contributed by atoms with Crippen LogP contribution in [0.15, 0.2) is 12.1 Å². The number of nitrogens with one attached hydrogen (secondary N) is 1. The number of rotatable bonds is 10. The first-order valence-electron chi connectivity index (χ1n) is 8.16. The lowest BCUT2D eigenvalue weighted by Crippen LogP contribution is -2.19. The Morgan fingerprint density at radius 3 is 2.24 bits per heavy atom. The van der Waals surface area contributed by atoms with Crippen LogP contribution in [0.4, 0.5) is 0 Å². The summed E-state index contributed by atoms with van der Waals surface area (Å²) in [5.74, 6) is 1.64. The van der Waals surface area contributed by atoms with Gasteiger partial charge < -0.3 is 14.8 Å². The SMILES string of the molecule is CCCCCCc1cc(OC)c(OC)cc1[C@H](C)NCC. The van der Waals surface area contributed by atoms with E-state index in [-0.39, 0.29) is 0 Å². The Bertz CT molecular complexity index is 418. The van der Waals surface area contributed by atoms with E-state index in [1.807, 2.05) is 0 Å². The van der Waals surface area contributed by atoms with Gasteiger partial charge in [0.25, 0.3) is 0 Å². The lowest BCUT2D eigenvalue weighted by Gasteiger charge is -2.20. The molecule has 0 aromatic heterocycles. The molecule has 0 amide bonds. The van der Waals surface area contributed by atoms with E-state index in [2.05, 4.69) is 38.2 Å². The van der Waals surface area contributed by atoms with Crippen LogP contribution in [0.1, 0.15) is 63.6 Å². The second-order valence-corrected chi connectivity index (χ2v) is 5.50. The number of aryl methyl sites for hydroxylation is 1. The quantitative estimate of drug-likeness (QED) is 0.644. The van der Waals surface area contributed by atoms with E-state index >= 15 is 0 Å².